The summed E-state index contributed by atoms with van der Waals surface area (Å²) in [6, 6.07) is 13.3. The molecule has 0 amide bonds. The molecule has 122 valence electrons. The predicted molar refractivity (Wildman–Crippen MR) is 92.2 cm³/mol. The van der Waals surface area contributed by atoms with E-state index in [0.29, 0.717) is 17.2 Å². The fourth-order valence-corrected chi connectivity index (χ4v) is 3.37. The number of Topliss-reactive ketones (excluding diaryl/α,β-unsaturated/α-hetero) is 1. The molecule has 0 bridgehead atoms. The zero-order valence-corrected chi connectivity index (χ0v) is 14.4. The third-order valence-corrected chi connectivity index (χ3v) is 4.79. The highest BCUT2D eigenvalue weighted by molar-refractivity contribution is 7.92. The van der Waals surface area contributed by atoms with E-state index in [2.05, 4.69) is 18.6 Å². The number of carbonyl (C=O) groups excluding carboxylic acids is 1. The predicted octanol–water partition coefficient (Wildman–Crippen LogP) is 3.89. The van der Waals surface area contributed by atoms with E-state index in [-0.39, 0.29) is 10.7 Å². The minimum atomic E-state index is -3.66. The number of carbonyl (C=O) groups is 1. The van der Waals surface area contributed by atoms with E-state index >= 15 is 0 Å². The molecule has 2 aromatic rings. The lowest BCUT2D eigenvalue weighted by atomic mass is 10.0. The van der Waals surface area contributed by atoms with Crippen LogP contribution in [0.5, 0.6) is 0 Å². The maximum atomic E-state index is 12.4. The van der Waals surface area contributed by atoms with Gasteiger partial charge in [0.05, 0.1) is 4.90 Å². The topological polar surface area (TPSA) is 63.2 Å². The molecule has 0 unspecified atom stereocenters. The molecule has 0 aromatic heterocycles. The van der Waals surface area contributed by atoms with Crippen molar-refractivity contribution in [3.8, 4) is 0 Å². The summed E-state index contributed by atoms with van der Waals surface area (Å²) in [5.74, 6) is 0.407. The van der Waals surface area contributed by atoms with Crippen LogP contribution in [-0.2, 0) is 16.4 Å². The normalized spacial score (nSPS) is 11.5. The smallest absolute Gasteiger partial charge is 0.261 e. The molecule has 23 heavy (non-hydrogen) atoms. The Morgan fingerprint density at radius 2 is 1.74 bits per heavy atom. The number of rotatable bonds is 6. The molecule has 4 nitrogen and oxygen atoms in total. The zero-order chi connectivity index (χ0) is 17.0. The second kappa shape index (κ2) is 6.96. The van der Waals surface area contributed by atoms with E-state index in [1.54, 1.807) is 6.07 Å². The Morgan fingerprint density at radius 1 is 1.09 bits per heavy atom. The van der Waals surface area contributed by atoms with Crippen LogP contribution in [-0.4, -0.2) is 14.2 Å². The van der Waals surface area contributed by atoms with E-state index in [4.69, 9.17) is 0 Å². The van der Waals surface area contributed by atoms with Crippen LogP contribution in [0.25, 0.3) is 0 Å². The van der Waals surface area contributed by atoms with Crippen molar-refractivity contribution in [3.63, 3.8) is 0 Å². The van der Waals surface area contributed by atoms with Crippen LogP contribution in [0.2, 0.25) is 0 Å². The van der Waals surface area contributed by atoms with Crippen molar-refractivity contribution in [2.24, 2.45) is 5.92 Å². The molecule has 0 aliphatic carbocycles. The minimum absolute atomic E-state index is 0.0942. The van der Waals surface area contributed by atoms with Crippen molar-refractivity contribution in [2.45, 2.75) is 32.1 Å². The third-order valence-electron chi connectivity index (χ3n) is 3.39. The first-order valence-corrected chi connectivity index (χ1v) is 8.99. The van der Waals surface area contributed by atoms with Crippen LogP contribution in [0.3, 0.4) is 0 Å². The maximum Gasteiger partial charge on any atom is 0.261 e. The molecule has 2 aromatic carbocycles. The van der Waals surface area contributed by atoms with Gasteiger partial charge in [-0.2, -0.15) is 0 Å². The molecular formula is C18H21NO3S. The van der Waals surface area contributed by atoms with Gasteiger partial charge in [0.2, 0.25) is 0 Å². The van der Waals surface area contributed by atoms with Gasteiger partial charge in [-0.1, -0.05) is 38.1 Å². The summed E-state index contributed by atoms with van der Waals surface area (Å²) in [6.07, 6.45) is 0.892. The number of hydrogen-bond acceptors (Lipinski definition) is 3. The van der Waals surface area contributed by atoms with Crippen molar-refractivity contribution in [3.05, 3.63) is 59.7 Å². The molecule has 0 heterocycles. The lowest BCUT2D eigenvalue weighted by Gasteiger charge is -2.11. The first-order chi connectivity index (χ1) is 10.8. The van der Waals surface area contributed by atoms with Gasteiger partial charge < -0.3 is 0 Å². The van der Waals surface area contributed by atoms with E-state index in [1.807, 2.05) is 18.2 Å². The maximum absolute atomic E-state index is 12.4. The van der Waals surface area contributed by atoms with Gasteiger partial charge in [0.15, 0.2) is 5.78 Å². The van der Waals surface area contributed by atoms with Gasteiger partial charge in [-0.05, 0) is 49.1 Å². The van der Waals surface area contributed by atoms with Gasteiger partial charge in [-0.25, -0.2) is 8.42 Å². The van der Waals surface area contributed by atoms with Crippen LogP contribution in [0.4, 0.5) is 5.69 Å². The standard InChI is InChI=1S/C18H21NO3S/c1-13(2)11-15-5-4-6-17(12-15)19-23(21,22)18-9-7-16(8-10-18)14(3)20/h4-10,12-13,19H,11H2,1-3H3. The molecule has 0 aliphatic rings. The summed E-state index contributed by atoms with van der Waals surface area (Å²) in [5, 5.41) is 0. The highest BCUT2D eigenvalue weighted by Crippen LogP contribution is 2.19. The highest BCUT2D eigenvalue weighted by atomic mass is 32.2. The van der Waals surface area contributed by atoms with Gasteiger partial charge in [-0.15, -0.1) is 0 Å². The Morgan fingerprint density at radius 3 is 2.30 bits per heavy atom. The Kier molecular flexibility index (Phi) is 5.21. The molecule has 0 saturated heterocycles. The fourth-order valence-electron chi connectivity index (χ4n) is 2.32. The van der Waals surface area contributed by atoms with Gasteiger partial charge >= 0.3 is 0 Å². The van der Waals surface area contributed by atoms with Crippen LogP contribution in [0.15, 0.2) is 53.4 Å². The van der Waals surface area contributed by atoms with Gasteiger partial charge in [0, 0.05) is 11.3 Å². The summed E-state index contributed by atoms with van der Waals surface area (Å²) in [4.78, 5) is 11.4. The number of benzene rings is 2. The molecule has 0 spiro atoms. The quantitative estimate of drug-likeness (QED) is 0.817. The van der Waals surface area contributed by atoms with Gasteiger partial charge in [0.25, 0.3) is 10.0 Å². The first-order valence-electron chi connectivity index (χ1n) is 7.50. The van der Waals surface area contributed by atoms with Crippen molar-refractivity contribution in [2.75, 3.05) is 4.72 Å². The van der Waals surface area contributed by atoms with E-state index in [1.165, 1.54) is 31.2 Å². The van der Waals surface area contributed by atoms with Gasteiger partial charge in [-0.3, -0.25) is 9.52 Å². The third kappa shape index (κ3) is 4.66. The van der Waals surface area contributed by atoms with Crippen molar-refractivity contribution >= 4 is 21.5 Å². The molecule has 1 N–H and O–H groups in total. The Balaban J connectivity index is 2.22. The van der Waals surface area contributed by atoms with Crippen LogP contribution in [0, 0.1) is 5.92 Å². The fraction of sp³-hybridized carbons (Fsp3) is 0.278. The van der Waals surface area contributed by atoms with E-state index < -0.39 is 10.0 Å². The molecule has 0 saturated carbocycles. The summed E-state index contributed by atoms with van der Waals surface area (Å²) in [7, 11) is -3.66. The van der Waals surface area contributed by atoms with Crippen molar-refractivity contribution < 1.29 is 13.2 Å². The van der Waals surface area contributed by atoms with Crippen LogP contribution in [0.1, 0.15) is 36.7 Å². The molecule has 2 rings (SSSR count). The van der Waals surface area contributed by atoms with Crippen molar-refractivity contribution in [1.82, 2.24) is 0 Å². The summed E-state index contributed by atoms with van der Waals surface area (Å²) >= 11 is 0. The number of hydrogen-bond donors (Lipinski definition) is 1. The number of anilines is 1. The number of nitrogens with one attached hydrogen (secondary N) is 1. The molecular weight excluding hydrogens is 310 g/mol. The lowest BCUT2D eigenvalue weighted by Crippen LogP contribution is -2.13. The summed E-state index contributed by atoms with van der Waals surface area (Å²) in [5.41, 5.74) is 2.12. The average Bonchev–Trinajstić information content (AvgIpc) is 2.46. The first kappa shape index (κ1) is 17.2. The SMILES string of the molecule is CC(=O)c1ccc(S(=O)(=O)Nc2cccc(CC(C)C)c2)cc1. The molecule has 0 atom stereocenters. The molecule has 0 fully saturated rings. The Bertz CT molecular complexity index is 793. The number of ketones is 1. The zero-order valence-electron chi connectivity index (χ0n) is 13.5. The average molecular weight is 331 g/mol. The Hall–Kier alpha value is -2.14. The second-order valence-electron chi connectivity index (χ2n) is 5.98. The molecule has 0 aliphatic heterocycles. The lowest BCUT2D eigenvalue weighted by molar-refractivity contribution is 0.101. The largest absolute Gasteiger partial charge is 0.295 e. The minimum Gasteiger partial charge on any atom is -0.295 e. The van der Waals surface area contributed by atoms with Crippen LogP contribution >= 0.6 is 0 Å². The summed E-state index contributed by atoms with van der Waals surface area (Å²) < 4.78 is 27.4. The second-order valence-corrected chi connectivity index (χ2v) is 7.67. The summed E-state index contributed by atoms with van der Waals surface area (Å²) in [6.45, 7) is 5.68. The van der Waals surface area contributed by atoms with Crippen LogP contribution < -0.4 is 4.72 Å². The van der Waals surface area contributed by atoms with Gasteiger partial charge in [0.1, 0.15) is 0 Å². The Labute approximate surface area is 137 Å². The van der Waals surface area contributed by atoms with Crippen molar-refractivity contribution in [1.29, 1.82) is 0 Å². The number of sulfonamides is 1. The van der Waals surface area contributed by atoms with E-state index in [9.17, 15) is 13.2 Å². The molecule has 5 heteroatoms. The monoisotopic (exact) mass is 331 g/mol. The molecule has 0 radical (unpaired) electrons. The highest BCUT2D eigenvalue weighted by Gasteiger charge is 2.14. The van der Waals surface area contributed by atoms with E-state index in [0.717, 1.165) is 12.0 Å².